The third-order valence-electron chi connectivity index (χ3n) is 3.63. The third kappa shape index (κ3) is 3.35. The molecule has 2 amide bonds. The van der Waals surface area contributed by atoms with Gasteiger partial charge in [-0.05, 0) is 19.8 Å². The van der Waals surface area contributed by atoms with E-state index in [1.165, 1.54) is 4.90 Å². The van der Waals surface area contributed by atoms with Gasteiger partial charge in [0.1, 0.15) is 0 Å². The maximum atomic E-state index is 11.8. The maximum Gasteiger partial charge on any atom is 0.317 e. The molecule has 6 heteroatoms. The molecule has 0 saturated heterocycles. The lowest BCUT2D eigenvalue weighted by Crippen LogP contribution is -2.47. The van der Waals surface area contributed by atoms with E-state index in [9.17, 15) is 14.7 Å². The first kappa shape index (κ1) is 14.8. The standard InChI is InChI=1S/C12H22N2O4/c1-2-14(7-8-15)11(18)13-9-12(10(16)17)5-3-4-6-12/h15H,2-9H2,1H3,(H,13,18)(H,16,17). The van der Waals surface area contributed by atoms with Gasteiger partial charge in [0, 0.05) is 19.6 Å². The van der Waals surface area contributed by atoms with E-state index in [1.807, 2.05) is 6.92 Å². The van der Waals surface area contributed by atoms with Gasteiger partial charge in [-0.25, -0.2) is 4.79 Å². The number of nitrogens with zero attached hydrogens (tertiary/aromatic N) is 1. The molecule has 0 atom stereocenters. The van der Waals surface area contributed by atoms with Crippen molar-refractivity contribution in [3.63, 3.8) is 0 Å². The van der Waals surface area contributed by atoms with Gasteiger partial charge in [0.25, 0.3) is 0 Å². The highest BCUT2D eigenvalue weighted by Gasteiger charge is 2.41. The quantitative estimate of drug-likeness (QED) is 0.652. The number of nitrogens with one attached hydrogen (secondary N) is 1. The number of carbonyl (C=O) groups excluding carboxylic acids is 1. The fourth-order valence-electron chi connectivity index (χ4n) is 2.40. The normalized spacial score (nSPS) is 17.4. The summed E-state index contributed by atoms with van der Waals surface area (Å²) in [5.74, 6) is -0.828. The van der Waals surface area contributed by atoms with Crippen molar-refractivity contribution in [2.75, 3.05) is 26.2 Å². The summed E-state index contributed by atoms with van der Waals surface area (Å²) in [6.07, 6.45) is 3.04. The molecule has 3 N–H and O–H groups in total. The second-order valence-electron chi connectivity index (χ2n) is 4.75. The Kier molecular flexibility index (Phi) is 5.40. The van der Waals surface area contributed by atoms with Gasteiger partial charge in [-0.3, -0.25) is 4.79 Å². The van der Waals surface area contributed by atoms with Crippen LogP contribution in [0.4, 0.5) is 4.79 Å². The van der Waals surface area contributed by atoms with Crippen molar-refractivity contribution in [1.82, 2.24) is 10.2 Å². The number of carboxylic acid groups (broad SMARTS) is 1. The lowest BCUT2D eigenvalue weighted by Gasteiger charge is -2.27. The van der Waals surface area contributed by atoms with E-state index < -0.39 is 11.4 Å². The monoisotopic (exact) mass is 258 g/mol. The smallest absolute Gasteiger partial charge is 0.317 e. The molecule has 104 valence electrons. The van der Waals surface area contributed by atoms with Crippen LogP contribution in [0.3, 0.4) is 0 Å². The highest BCUT2D eigenvalue weighted by molar-refractivity contribution is 5.78. The van der Waals surface area contributed by atoms with Gasteiger partial charge in [-0.15, -0.1) is 0 Å². The minimum Gasteiger partial charge on any atom is -0.481 e. The average Bonchev–Trinajstić information content (AvgIpc) is 2.83. The van der Waals surface area contributed by atoms with Crippen LogP contribution in [-0.2, 0) is 4.79 Å². The molecule has 1 rings (SSSR count). The minimum atomic E-state index is -0.828. The summed E-state index contributed by atoms with van der Waals surface area (Å²) in [5, 5.41) is 20.8. The zero-order chi connectivity index (χ0) is 13.6. The van der Waals surface area contributed by atoms with E-state index in [-0.39, 0.29) is 25.7 Å². The lowest BCUT2D eigenvalue weighted by atomic mass is 9.86. The van der Waals surface area contributed by atoms with Crippen molar-refractivity contribution in [2.45, 2.75) is 32.6 Å². The molecule has 0 aromatic carbocycles. The first-order chi connectivity index (χ1) is 8.55. The predicted molar refractivity (Wildman–Crippen MR) is 66.3 cm³/mol. The number of hydrogen-bond acceptors (Lipinski definition) is 3. The first-order valence-electron chi connectivity index (χ1n) is 6.43. The Labute approximate surface area is 107 Å². The van der Waals surface area contributed by atoms with Gasteiger partial charge < -0.3 is 20.4 Å². The largest absolute Gasteiger partial charge is 0.481 e. The summed E-state index contributed by atoms with van der Waals surface area (Å²) in [4.78, 5) is 24.6. The van der Waals surface area contributed by atoms with Gasteiger partial charge in [-0.2, -0.15) is 0 Å². The van der Waals surface area contributed by atoms with Crippen molar-refractivity contribution in [1.29, 1.82) is 0 Å². The summed E-state index contributed by atoms with van der Waals surface area (Å²) in [6.45, 7) is 2.65. The van der Waals surface area contributed by atoms with Gasteiger partial charge in [0.05, 0.1) is 12.0 Å². The molecule has 1 aliphatic carbocycles. The van der Waals surface area contributed by atoms with Gasteiger partial charge in [0.15, 0.2) is 0 Å². The number of aliphatic carboxylic acids is 1. The molecule has 1 saturated carbocycles. The van der Waals surface area contributed by atoms with Crippen LogP contribution in [-0.4, -0.2) is 53.4 Å². The van der Waals surface area contributed by atoms with Crippen molar-refractivity contribution in [3.8, 4) is 0 Å². The molecule has 0 radical (unpaired) electrons. The van der Waals surface area contributed by atoms with Crippen LogP contribution >= 0.6 is 0 Å². The molecule has 0 spiro atoms. The summed E-state index contributed by atoms with van der Waals surface area (Å²) >= 11 is 0. The number of carbonyl (C=O) groups is 2. The Bertz CT molecular complexity index is 300. The van der Waals surface area contributed by atoms with Crippen molar-refractivity contribution in [2.24, 2.45) is 5.41 Å². The number of amides is 2. The van der Waals surface area contributed by atoms with Crippen molar-refractivity contribution in [3.05, 3.63) is 0 Å². The Hall–Kier alpha value is -1.30. The molecule has 0 aromatic rings. The number of urea groups is 1. The average molecular weight is 258 g/mol. The Balaban J connectivity index is 2.52. The Morgan fingerprint density at radius 1 is 1.33 bits per heavy atom. The van der Waals surface area contributed by atoms with Gasteiger partial charge >= 0.3 is 12.0 Å². The van der Waals surface area contributed by atoms with E-state index in [2.05, 4.69) is 5.32 Å². The second-order valence-corrected chi connectivity index (χ2v) is 4.75. The Morgan fingerprint density at radius 2 is 1.94 bits per heavy atom. The third-order valence-corrected chi connectivity index (χ3v) is 3.63. The van der Waals surface area contributed by atoms with Crippen LogP contribution in [0, 0.1) is 5.41 Å². The molecule has 1 fully saturated rings. The highest BCUT2D eigenvalue weighted by Crippen LogP contribution is 2.37. The van der Waals surface area contributed by atoms with Gasteiger partial charge in [-0.1, -0.05) is 12.8 Å². The van der Waals surface area contributed by atoms with Gasteiger partial charge in [0.2, 0.25) is 0 Å². The summed E-state index contributed by atoms with van der Waals surface area (Å²) in [6, 6.07) is -0.306. The van der Waals surface area contributed by atoms with Crippen LogP contribution in [0.25, 0.3) is 0 Å². The van der Waals surface area contributed by atoms with Crippen LogP contribution in [0.2, 0.25) is 0 Å². The SMILES string of the molecule is CCN(CCO)C(=O)NCC1(C(=O)O)CCCC1. The number of carboxylic acids is 1. The van der Waals surface area contributed by atoms with Crippen LogP contribution in [0.1, 0.15) is 32.6 Å². The molecule has 1 aliphatic rings. The summed E-state index contributed by atoms with van der Waals surface area (Å²) < 4.78 is 0. The Morgan fingerprint density at radius 3 is 2.39 bits per heavy atom. The molecular weight excluding hydrogens is 236 g/mol. The lowest BCUT2D eigenvalue weighted by molar-refractivity contribution is -0.148. The molecular formula is C12H22N2O4. The number of likely N-dealkylation sites (N-methyl/N-ethyl adjacent to an activating group) is 1. The maximum absolute atomic E-state index is 11.8. The molecule has 0 heterocycles. The topological polar surface area (TPSA) is 89.9 Å². The number of aliphatic hydroxyl groups excluding tert-OH is 1. The highest BCUT2D eigenvalue weighted by atomic mass is 16.4. The predicted octanol–water partition coefficient (Wildman–Crippen LogP) is 0.655. The molecule has 0 unspecified atom stereocenters. The van der Waals surface area contributed by atoms with E-state index in [4.69, 9.17) is 5.11 Å². The summed E-state index contributed by atoms with van der Waals surface area (Å²) in [7, 11) is 0. The molecule has 6 nitrogen and oxygen atoms in total. The number of hydrogen-bond donors (Lipinski definition) is 3. The fraction of sp³-hybridized carbons (Fsp3) is 0.833. The summed E-state index contributed by atoms with van der Waals surface area (Å²) in [5.41, 5.74) is -0.797. The fourth-order valence-corrected chi connectivity index (χ4v) is 2.40. The number of rotatable bonds is 6. The zero-order valence-corrected chi connectivity index (χ0v) is 10.8. The molecule has 0 aliphatic heterocycles. The first-order valence-corrected chi connectivity index (χ1v) is 6.43. The molecule has 0 bridgehead atoms. The van der Waals surface area contributed by atoms with Crippen molar-refractivity contribution >= 4 is 12.0 Å². The van der Waals surface area contributed by atoms with E-state index in [0.717, 1.165) is 12.8 Å². The van der Waals surface area contributed by atoms with E-state index >= 15 is 0 Å². The van der Waals surface area contributed by atoms with Crippen molar-refractivity contribution < 1.29 is 19.8 Å². The second kappa shape index (κ2) is 6.58. The van der Waals surface area contributed by atoms with E-state index in [0.29, 0.717) is 19.4 Å². The molecule has 0 aromatic heterocycles. The number of aliphatic hydroxyl groups is 1. The molecule has 18 heavy (non-hydrogen) atoms. The van der Waals surface area contributed by atoms with Crippen LogP contribution < -0.4 is 5.32 Å². The van der Waals surface area contributed by atoms with E-state index in [1.54, 1.807) is 0 Å². The van der Waals surface area contributed by atoms with Crippen LogP contribution in [0.15, 0.2) is 0 Å². The van der Waals surface area contributed by atoms with Crippen LogP contribution in [0.5, 0.6) is 0 Å². The minimum absolute atomic E-state index is 0.0919. The zero-order valence-electron chi connectivity index (χ0n) is 10.8.